The molecule has 3 rings (SSSR count). The maximum absolute atomic E-state index is 13.0. The van der Waals surface area contributed by atoms with Crippen molar-refractivity contribution in [2.75, 3.05) is 13.2 Å². The molecule has 0 saturated carbocycles. The molecular formula is C19H18ClNO5S. The van der Waals surface area contributed by atoms with Crippen molar-refractivity contribution in [2.45, 2.75) is 24.3 Å². The smallest absolute Gasteiger partial charge is 0.337 e. The summed E-state index contributed by atoms with van der Waals surface area (Å²) in [4.78, 5) is 25.6. The SMILES string of the molecule is CCOC(=O)C1(C(=O)c2ccc(Cl)cc2)CN1S(=O)(=O)c1ccc(C)cc1. The fourth-order valence-electron chi connectivity index (χ4n) is 2.83. The van der Waals surface area contributed by atoms with Gasteiger partial charge in [-0.25, -0.2) is 13.2 Å². The summed E-state index contributed by atoms with van der Waals surface area (Å²) in [6, 6.07) is 12.1. The Labute approximate surface area is 162 Å². The normalized spacial score (nSPS) is 21.5. The zero-order chi connectivity index (χ0) is 19.8. The third-order valence-corrected chi connectivity index (χ3v) is 6.54. The van der Waals surface area contributed by atoms with Gasteiger partial charge in [0.25, 0.3) is 0 Å². The maximum atomic E-state index is 13.0. The van der Waals surface area contributed by atoms with Crippen molar-refractivity contribution in [2.24, 2.45) is 0 Å². The lowest BCUT2D eigenvalue weighted by molar-refractivity contribution is -0.145. The third-order valence-electron chi connectivity index (χ3n) is 4.40. The lowest BCUT2D eigenvalue weighted by Gasteiger charge is -2.16. The molecule has 6 nitrogen and oxygen atoms in total. The molecule has 2 aromatic carbocycles. The van der Waals surface area contributed by atoms with Gasteiger partial charge in [0.2, 0.25) is 15.6 Å². The molecule has 27 heavy (non-hydrogen) atoms. The van der Waals surface area contributed by atoms with Gasteiger partial charge in [-0.05, 0) is 50.2 Å². The molecule has 8 heteroatoms. The van der Waals surface area contributed by atoms with Gasteiger partial charge in [0.15, 0.2) is 5.78 Å². The van der Waals surface area contributed by atoms with E-state index in [-0.39, 0.29) is 23.6 Å². The Bertz CT molecular complexity index is 986. The van der Waals surface area contributed by atoms with Gasteiger partial charge in [-0.3, -0.25) is 4.79 Å². The summed E-state index contributed by atoms with van der Waals surface area (Å²) in [5.41, 5.74) is -0.796. The topological polar surface area (TPSA) is 80.5 Å². The van der Waals surface area contributed by atoms with Crippen LogP contribution in [0.3, 0.4) is 0 Å². The standard InChI is InChI=1S/C19H18ClNO5S/c1-3-26-18(23)19(17(22)14-6-8-15(20)9-7-14)12-21(19)27(24,25)16-10-4-13(2)5-11-16/h4-11H,3,12H2,1-2H3. The first kappa shape index (κ1) is 19.5. The zero-order valence-corrected chi connectivity index (χ0v) is 16.4. The van der Waals surface area contributed by atoms with E-state index in [0.717, 1.165) is 9.87 Å². The number of rotatable bonds is 6. The Morgan fingerprint density at radius 2 is 1.70 bits per heavy atom. The van der Waals surface area contributed by atoms with Crippen LogP contribution in [-0.2, 0) is 19.6 Å². The number of aryl methyl sites for hydroxylation is 1. The number of Topliss-reactive ketones (excluding diaryl/α,β-unsaturated/α-hetero) is 1. The summed E-state index contributed by atoms with van der Waals surface area (Å²) in [6.07, 6.45) is 0. The van der Waals surface area contributed by atoms with Crippen LogP contribution in [0.15, 0.2) is 53.4 Å². The number of esters is 1. The minimum Gasteiger partial charge on any atom is -0.464 e. The Morgan fingerprint density at radius 3 is 2.26 bits per heavy atom. The molecule has 1 fully saturated rings. The largest absolute Gasteiger partial charge is 0.464 e. The first-order valence-corrected chi connectivity index (χ1v) is 10.1. The molecule has 0 spiro atoms. The predicted octanol–water partition coefficient (Wildman–Crippen LogP) is 2.84. The average molecular weight is 408 g/mol. The van der Waals surface area contributed by atoms with Gasteiger partial charge in [-0.2, -0.15) is 4.31 Å². The summed E-state index contributed by atoms with van der Waals surface area (Å²) in [7, 11) is -4.03. The number of nitrogens with zero attached hydrogens (tertiary/aromatic N) is 1. The van der Waals surface area contributed by atoms with E-state index < -0.39 is 27.3 Å². The molecule has 0 radical (unpaired) electrons. The average Bonchev–Trinajstić information content (AvgIpc) is 3.40. The van der Waals surface area contributed by atoms with Crippen LogP contribution in [0.4, 0.5) is 0 Å². The van der Waals surface area contributed by atoms with E-state index in [1.807, 2.05) is 6.92 Å². The quantitative estimate of drug-likeness (QED) is 0.318. The molecule has 0 aromatic heterocycles. The molecule has 2 aromatic rings. The molecule has 1 aliphatic heterocycles. The van der Waals surface area contributed by atoms with Gasteiger partial charge in [0.1, 0.15) is 0 Å². The van der Waals surface area contributed by atoms with E-state index in [4.69, 9.17) is 16.3 Å². The van der Waals surface area contributed by atoms with Gasteiger partial charge in [-0.1, -0.05) is 29.3 Å². The van der Waals surface area contributed by atoms with Crippen molar-refractivity contribution in [1.29, 1.82) is 0 Å². The second-order valence-corrected chi connectivity index (χ2v) is 8.54. The van der Waals surface area contributed by atoms with Crippen LogP contribution in [0.2, 0.25) is 5.02 Å². The van der Waals surface area contributed by atoms with Crippen molar-refractivity contribution in [3.8, 4) is 0 Å². The number of hydrogen-bond acceptors (Lipinski definition) is 5. The van der Waals surface area contributed by atoms with Crippen molar-refractivity contribution >= 4 is 33.4 Å². The second-order valence-electron chi connectivity index (χ2n) is 6.24. The Morgan fingerprint density at radius 1 is 1.11 bits per heavy atom. The van der Waals surface area contributed by atoms with Crippen molar-refractivity contribution in [3.63, 3.8) is 0 Å². The van der Waals surface area contributed by atoms with Gasteiger partial charge < -0.3 is 4.74 Å². The van der Waals surface area contributed by atoms with Gasteiger partial charge in [0, 0.05) is 10.6 Å². The van der Waals surface area contributed by atoms with E-state index >= 15 is 0 Å². The summed E-state index contributed by atoms with van der Waals surface area (Å²) in [5.74, 6) is -1.51. The van der Waals surface area contributed by atoms with Crippen molar-refractivity contribution in [1.82, 2.24) is 4.31 Å². The zero-order valence-electron chi connectivity index (χ0n) is 14.8. The van der Waals surface area contributed by atoms with Crippen LogP contribution in [-0.4, -0.2) is 43.2 Å². The molecule has 142 valence electrons. The highest BCUT2D eigenvalue weighted by molar-refractivity contribution is 7.89. The van der Waals surface area contributed by atoms with Crippen LogP contribution in [0.1, 0.15) is 22.8 Å². The van der Waals surface area contributed by atoms with Crippen molar-refractivity contribution < 1.29 is 22.7 Å². The van der Waals surface area contributed by atoms with E-state index in [0.29, 0.717) is 5.02 Å². The van der Waals surface area contributed by atoms with Crippen LogP contribution in [0, 0.1) is 6.92 Å². The van der Waals surface area contributed by atoms with E-state index in [9.17, 15) is 18.0 Å². The van der Waals surface area contributed by atoms with Gasteiger partial charge in [-0.15, -0.1) is 0 Å². The van der Waals surface area contributed by atoms with E-state index in [1.54, 1.807) is 19.1 Å². The van der Waals surface area contributed by atoms with Crippen molar-refractivity contribution in [3.05, 3.63) is 64.7 Å². The number of ketones is 1. The van der Waals surface area contributed by atoms with Crippen LogP contribution in [0.5, 0.6) is 0 Å². The fourth-order valence-corrected chi connectivity index (χ4v) is 4.62. The Kier molecular flexibility index (Phi) is 5.12. The molecular weight excluding hydrogens is 390 g/mol. The number of sulfonamides is 1. The minimum absolute atomic E-state index is 0.0168. The number of halogens is 1. The highest BCUT2D eigenvalue weighted by Gasteiger charge is 2.70. The lowest BCUT2D eigenvalue weighted by atomic mass is 9.98. The molecule has 0 amide bonds. The number of ether oxygens (including phenoxy) is 1. The highest BCUT2D eigenvalue weighted by Crippen LogP contribution is 2.42. The molecule has 2 unspecified atom stereocenters. The number of carbonyl (C=O) groups is 2. The monoisotopic (exact) mass is 407 g/mol. The van der Waals surface area contributed by atoms with E-state index in [2.05, 4.69) is 0 Å². The number of hydrogen-bond donors (Lipinski definition) is 0. The lowest BCUT2D eigenvalue weighted by Crippen LogP contribution is -2.41. The number of benzene rings is 2. The van der Waals surface area contributed by atoms with E-state index in [1.165, 1.54) is 36.4 Å². The van der Waals surface area contributed by atoms with Crippen LogP contribution < -0.4 is 0 Å². The molecule has 2 atom stereocenters. The highest BCUT2D eigenvalue weighted by atomic mass is 35.5. The predicted molar refractivity (Wildman–Crippen MR) is 100 cm³/mol. The Balaban J connectivity index is 2.01. The Hall–Kier alpha value is -2.22. The minimum atomic E-state index is -4.03. The molecule has 0 aliphatic carbocycles. The number of carbonyl (C=O) groups excluding carboxylic acids is 2. The van der Waals surface area contributed by atoms with Gasteiger partial charge in [0.05, 0.1) is 18.0 Å². The molecule has 1 aliphatic rings. The second kappa shape index (κ2) is 7.07. The maximum Gasteiger partial charge on any atom is 0.337 e. The first-order valence-electron chi connectivity index (χ1n) is 8.30. The van der Waals surface area contributed by atoms with Crippen LogP contribution >= 0.6 is 11.6 Å². The molecule has 1 heterocycles. The molecule has 0 N–H and O–H groups in total. The summed E-state index contributed by atoms with van der Waals surface area (Å²) >= 11 is 5.84. The summed E-state index contributed by atoms with van der Waals surface area (Å²) in [6.45, 7) is 3.21. The molecule has 0 bridgehead atoms. The fraction of sp³-hybridized carbons (Fsp3) is 0.263. The third kappa shape index (κ3) is 3.38. The molecule has 1 saturated heterocycles. The summed E-state index contributed by atoms with van der Waals surface area (Å²) in [5, 5.41) is 0.427. The van der Waals surface area contributed by atoms with Crippen LogP contribution in [0.25, 0.3) is 0 Å². The first-order chi connectivity index (χ1) is 12.7. The summed E-state index contributed by atoms with van der Waals surface area (Å²) < 4.78 is 31.8. The van der Waals surface area contributed by atoms with Gasteiger partial charge >= 0.3 is 5.97 Å².